The van der Waals surface area contributed by atoms with Gasteiger partial charge in [0.2, 0.25) is 11.8 Å². The Morgan fingerprint density at radius 2 is 2.00 bits per heavy atom. The van der Waals surface area contributed by atoms with E-state index in [0.717, 1.165) is 18.4 Å². The fourth-order valence-electron chi connectivity index (χ4n) is 4.10. The predicted octanol–water partition coefficient (Wildman–Crippen LogP) is 1.72. The summed E-state index contributed by atoms with van der Waals surface area (Å²) in [6.45, 7) is 0.729. The lowest BCUT2D eigenvalue weighted by molar-refractivity contribution is -0.124. The number of H-pyrrole nitrogens is 1. The van der Waals surface area contributed by atoms with E-state index in [0.29, 0.717) is 29.4 Å². The van der Waals surface area contributed by atoms with Gasteiger partial charge in [-0.3, -0.25) is 14.4 Å². The van der Waals surface area contributed by atoms with Crippen LogP contribution in [0.1, 0.15) is 18.4 Å². The zero-order valence-electron chi connectivity index (χ0n) is 16.4. The van der Waals surface area contributed by atoms with Crippen LogP contribution in [0.5, 0.6) is 11.5 Å². The van der Waals surface area contributed by atoms with Gasteiger partial charge in [0.25, 0.3) is 5.56 Å². The Morgan fingerprint density at radius 1 is 1.17 bits per heavy atom. The molecule has 3 heterocycles. The van der Waals surface area contributed by atoms with E-state index in [2.05, 4.69) is 4.98 Å². The number of hydrogen-bond acceptors (Lipinski definition) is 5. The Kier molecular flexibility index (Phi) is 5.00. The van der Waals surface area contributed by atoms with Gasteiger partial charge in [-0.25, -0.2) is 0 Å². The number of nitrogens with zero attached hydrogens (tertiary/aromatic N) is 2. The second kappa shape index (κ2) is 7.62. The minimum atomic E-state index is -0.514. The molecule has 1 saturated heterocycles. The van der Waals surface area contributed by atoms with Crippen molar-refractivity contribution < 1.29 is 19.1 Å². The Labute approximate surface area is 168 Å². The molecule has 29 heavy (non-hydrogen) atoms. The molecular formula is C21H23N3O5. The first kappa shape index (κ1) is 19.0. The maximum Gasteiger partial charge on any atom is 0.272 e. The average molecular weight is 397 g/mol. The van der Waals surface area contributed by atoms with E-state index in [1.54, 1.807) is 41.3 Å². The van der Waals surface area contributed by atoms with Crippen molar-refractivity contribution in [2.24, 2.45) is 5.92 Å². The second-order valence-corrected chi connectivity index (χ2v) is 7.22. The maximum atomic E-state index is 13.2. The van der Waals surface area contributed by atoms with Gasteiger partial charge in [0.05, 0.1) is 25.8 Å². The van der Waals surface area contributed by atoms with Crippen molar-refractivity contribution in [1.82, 2.24) is 4.98 Å². The molecule has 1 aromatic heterocycles. The van der Waals surface area contributed by atoms with Gasteiger partial charge >= 0.3 is 0 Å². The molecule has 0 radical (unpaired) electrons. The lowest BCUT2D eigenvalue weighted by Gasteiger charge is -2.30. The number of benzene rings is 1. The van der Waals surface area contributed by atoms with Crippen molar-refractivity contribution in [2.45, 2.75) is 19.3 Å². The van der Waals surface area contributed by atoms with Crippen LogP contribution in [0.25, 0.3) is 0 Å². The number of nitrogens with one attached hydrogen (secondary N) is 1. The number of methoxy groups -OCH3 is 2. The molecule has 2 aromatic rings. The number of carbonyl (C=O) groups is 2. The fraction of sp³-hybridized carbons (Fsp3) is 0.381. The largest absolute Gasteiger partial charge is 0.497 e. The van der Waals surface area contributed by atoms with E-state index in [-0.39, 0.29) is 30.3 Å². The molecule has 8 heteroatoms. The van der Waals surface area contributed by atoms with E-state index in [1.807, 2.05) is 6.07 Å². The first-order chi connectivity index (χ1) is 14.0. The Morgan fingerprint density at radius 3 is 2.76 bits per heavy atom. The summed E-state index contributed by atoms with van der Waals surface area (Å²) in [4.78, 5) is 44.0. The van der Waals surface area contributed by atoms with E-state index in [9.17, 15) is 14.4 Å². The summed E-state index contributed by atoms with van der Waals surface area (Å²) in [7, 11) is 3.08. The topological polar surface area (TPSA) is 91.9 Å². The summed E-state index contributed by atoms with van der Waals surface area (Å²) in [5.74, 6) is 0.274. The van der Waals surface area contributed by atoms with Gasteiger partial charge in [0.1, 0.15) is 17.2 Å². The lowest BCUT2D eigenvalue weighted by atomic mass is 10.0. The van der Waals surface area contributed by atoms with Crippen LogP contribution in [0, 0.1) is 5.92 Å². The second-order valence-electron chi connectivity index (χ2n) is 7.22. The molecule has 0 unspecified atom stereocenters. The van der Waals surface area contributed by atoms with Gasteiger partial charge in [-0.2, -0.15) is 0 Å². The third-order valence-corrected chi connectivity index (χ3v) is 5.53. The molecule has 1 atom stereocenters. The standard InChI is InChI=1S/C21H23N3O5/c1-28-15-5-6-16(17(11-15)29-2)24-12-14(10-18(24)25)21(27)23-9-3-4-13-7-8-22-20(26)19(13)23/h5-8,11,14H,3-4,9-10,12H2,1-2H3,(H,22,26)/t14-/m1/s1. The Bertz CT molecular complexity index is 1020. The van der Waals surface area contributed by atoms with Crippen LogP contribution in [-0.2, 0) is 16.0 Å². The van der Waals surface area contributed by atoms with Gasteiger partial charge in [-0.15, -0.1) is 0 Å². The lowest BCUT2D eigenvalue weighted by Crippen LogP contribution is -2.43. The van der Waals surface area contributed by atoms with Gasteiger partial charge in [-0.1, -0.05) is 0 Å². The normalized spacial score (nSPS) is 18.6. The molecule has 0 bridgehead atoms. The van der Waals surface area contributed by atoms with Crippen LogP contribution in [0.3, 0.4) is 0 Å². The highest BCUT2D eigenvalue weighted by Crippen LogP contribution is 2.36. The quantitative estimate of drug-likeness (QED) is 0.848. The van der Waals surface area contributed by atoms with E-state index in [4.69, 9.17) is 9.47 Å². The SMILES string of the molecule is COc1ccc(N2C[C@H](C(=O)N3CCCc4cc[nH]c(=O)c43)CC2=O)c(OC)c1. The summed E-state index contributed by atoms with van der Waals surface area (Å²) >= 11 is 0. The van der Waals surface area contributed by atoms with Crippen molar-refractivity contribution in [2.75, 3.05) is 37.1 Å². The Balaban J connectivity index is 1.60. The highest BCUT2D eigenvalue weighted by molar-refractivity contribution is 6.05. The molecule has 2 aliphatic heterocycles. The molecule has 152 valence electrons. The predicted molar refractivity (Wildman–Crippen MR) is 108 cm³/mol. The van der Waals surface area contributed by atoms with Crippen molar-refractivity contribution in [3.05, 3.63) is 46.4 Å². The zero-order valence-corrected chi connectivity index (χ0v) is 16.4. The molecule has 8 nitrogen and oxygen atoms in total. The minimum absolute atomic E-state index is 0.102. The number of fused-ring (bicyclic) bond motifs is 1. The molecule has 1 fully saturated rings. The highest BCUT2D eigenvalue weighted by Gasteiger charge is 2.40. The molecular weight excluding hydrogens is 374 g/mol. The van der Waals surface area contributed by atoms with E-state index >= 15 is 0 Å². The molecule has 1 N–H and O–H groups in total. The van der Waals surface area contributed by atoms with Gasteiger partial charge < -0.3 is 24.3 Å². The number of rotatable bonds is 4. The summed E-state index contributed by atoms with van der Waals surface area (Å²) in [6.07, 6.45) is 3.26. The Hall–Kier alpha value is -3.29. The average Bonchev–Trinajstić information content (AvgIpc) is 3.13. The summed E-state index contributed by atoms with van der Waals surface area (Å²) < 4.78 is 10.6. The third kappa shape index (κ3) is 3.35. The number of aryl methyl sites for hydroxylation is 1. The van der Waals surface area contributed by atoms with Crippen LogP contribution >= 0.6 is 0 Å². The van der Waals surface area contributed by atoms with Crippen LogP contribution in [0.4, 0.5) is 11.4 Å². The monoisotopic (exact) mass is 397 g/mol. The number of anilines is 2. The smallest absolute Gasteiger partial charge is 0.272 e. The number of aromatic nitrogens is 1. The highest BCUT2D eigenvalue weighted by atomic mass is 16.5. The maximum absolute atomic E-state index is 13.2. The molecule has 0 spiro atoms. The molecule has 0 saturated carbocycles. The van der Waals surface area contributed by atoms with Gasteiger partial charge in [-0.05, 0) is 36.6 Å². The van der Waals surface area contributed by atoms with Crippen molar-refractivity contribution in [3.63, 3.8) is 0 Å². The first-order valence-electron chi connectivity index (χ1n) is 9.57. The van der Waals surface area contributed by atoms with E-state index in [1.165, 1.54) is 7.11 Å². The summed E-state index contributed by atoms with van der Waals surface area (Å²) in [6, 6.07) is 7.05. The number of ether oxygens (including phenoxy) is 2. The number of carbonyl (C=O) groups excluding carboxylic acids is 2. The van der Waals surface area contributed by atoms with Crippen molar-refractivity contribution in [1.29, 1.82) is 0 Å². The van der Waals surface area contributed by atoms with Crippen LogP contribution in [0.2, 0.25) is 0 Å². The van der Waals surface area contributed by atoms with Gasteiger partial charge in [0.15, 0.2) is 0 Å². The van der Waals surface area contributed by atoms with Crippen LogP contribution in [-0.4, -0.2) is 44.1 Å². The molecule has 4 rings (SSSR count). The summed E-state index contributed by atoms with van der Waals surface area (Å²) in [5.41, 5.74) is 1.61. The number of hydrogen-bond donors (Lipinski definition) is 1. The molecule has 0 aliphatic carbocycles. The molecule has 1 aromatic carbocycles. The van der Waals surface area contributed by atoms with Crippen LogP contribution < -0.4 is 24.8 Å². The van der Waals surface area contributed by atoms with Crippen molar-refractivity contribution >= 4 is 23.2 Å². The number of pyridine rings is 1. The zero-order chi connectivity index (χ0) is 20.5. The van der Waals surface area contributed by atoms with Crippen LogP contribution in [0.15, 0.2) is 35.3 Å². The number of aromatic amines is 1. The van der Waals surface area contributed by atoms with E-state index < -0.39 is 5.92 Å². The van der Waals surface area contributed by atoms with Gasteiger partial charge in [0, 0.05) is 31.8 Å². The number of amides is 2. The third-order valence-electron chi connectivity index (χ3n) is 5.53. The van der Waals surface area contributed by atoms with Crippen molar-refractivity contribution in [3.8, 4) is 11.5 Å². The summed E-state index contributed by atoms with van der Waals surface area (Å²) in [5, 5.41) is 0. The first-order valence-corrected chi connectivity index (χ1v) is 9.57. The molecule has 2 aliphatic rings. The fourth-order valence-corrected chi connectivity index (χ4v) is 4.10. The molecule has 2 amide bonds. The minimum Gasteiger partial charge on any atom is -0.497 e.